The molecule has 0 radical (unpaired) electrons. The second-order valence-electron chi connectivity index (χ2n) is 9.05. The Morgan fingerprint density at radius 3 is 2.62 bits per heavy atom. The molecule has 176 valence electrons. The fourth-order valence-electron chi connectivity index (χ4n) is 3.75. The monoisotopic (exact) mass is 493 g/mol. The number of thioether (sulfide) groups is 1. The van der Waals surface area contributed by atoms with E-state index in [1.54, 1.807) is 29.3 Å². The van der Waals surface area contributed by atoms with Gasteiger partial charge in [0.2, 0.25) is 5.88 Å². The molecule has 6 nitrogen and oxygen atoms in total. The molecule has 2 aromatic heterocycles. The highest BCUT2D eigenvalue weighted by Crippen LogP contribution is 2.36. The molecule has 34 heavy (non-hydrogen) atoms. The van der Waals surface area contributed by atoms with Crippen LogP contribution in [-0.2, 0) is 4.79 Å². The number of thiocarbonyl (C=S) groups is 1. The molecule has 1 saturated heterocycles. The van der Waals surface area contributed by atoms with Gasteiger partial charge in [0.25, 0.3) is 11.5 Å². The smallest absolute Gasteiger partial charge is 0.269 e. The number of ether oxygens (including phenoxy) is 1. The van der Waals surface area contributed by atoms with Crippen LogP contribution in [0.5, 0.6) is 11.6 Å². The third-order valence-electron chi connectivity index (χ3n) is 5.43. The Morgan fingerprint density at radius 2 is 1.91 bits per heavy atom. The summed E-state index contributed by atoms with van der Waals surface area (Å²) in [6.45, 7) is 10.7. The quantitative estimate of drug-likeness (QED) is 0.321. The Kier molecular flexibility index (Phi) is 6.91. The Hall–Kier alpha value is -2.97. The molecule has 3 aromatic rings. The van der Waals surface area contributed by atoms with Crippen molar-refractivity contribution < 1.29 is 9.53 Å². The van der Waals surface area contributed by atoms with Crippen molar-refractivity contribution in [2.45, 2.75) is 40.5 Å². The molecule has 0 N–H and O–H groups in total. The number of benzene rings is 1. The zero-order valence-corrected chi connectivity index (χ0v) is 21.5. The van der Waals surface area contributed by atoms with Crippen LogP contribution in [0.25, 0.3) is 11.7 Å². The summed E-state index contributed by atoms with van der Waals surface area (Å²) >= 11 is 6.63. The van der Waals surface area contributed by atoms with Crippen LogP contribution in [0.1, 0.15) is 50.3 Å². The van der Waals surface area contributed by atoms with Crippen molar-refractivity contribution in [3.63, 3.8) is 0 Å². The van der Waals surface area contributed by atoms with Gasteiger partial charge in [0.1, 0.15) is 21.3 Å². The van der Waals surface area contributed by atoms with Gasteiger partial charge in [-0.3, -0.25) is 18.9 Å². The van der Waals surface area contributed by atoms with Crippen LogP contribution in [0.3, 0.4) is 0 Å². The van der Waals surface area contributed by atoms with Gasteiger partial charge in [0, 0.05) is 12.7 Å². The van der Waals surface area contributed by atoms with Crippen molar-refractivity contribution in [3.8, 4) is 11.6 Å². The summed E-state index contributed by atoms with van der Waals surface area (Å²) in [7, 11) is 0. The van der Waals surface area contributed by atoms with E-state index in [1.165, 1.54) is 16.2 Å². The number of rotatable bonds is 6. The van der Waals surface area contributed by atoms with Gasteiger partial charge >= 0.3 is 0 Å². The predicted octanol–water partition coefficient (Wildman–Crippen LogP) is 5.78. The zero-order chi connectivity index (χ0) is 24.6. The number of pyridine rings is 1. The third-order valence-corrected chi connectivity index (χ3v) is 6.81. The van der Waals surface area contributed by atoms with E-state index in [1.807, 2.05) is 45.0 Å². The number of nitrogens with zero attached hydrogens (tertiary/aromatic N) is 3. The molecule has 0 spiro atoms. The van der Waals surface area contributed by atoms with Crippen LogP contribution in [0.15, 0.2) is 52.3 Å². The van der Waals surface area contributed by atoms with Gasteiger partial charge in [0.05, 0.1) is 4.91 Å². The van der Waals surface area contributed by atoms with E-state index >= 15 is 0 Å². The minimum Gasteiger partial charge on any atom is -0.438 e. The Morgan fingerprint density at radius 1 is 1.15 bits per heavy atom. The van der Waals surface area contributed by atoms with Crippen LogP contribution < -0.4 is 10.3 Å². The molecular weight excluding hydrogens is 466 g/mol. The first kappa shape index (κ1) is 24.2. The maximum atomic E-state index is 13.5. The SMILES string of the molecule is Cc1ccc(C(C)C)c(Oc2nc3ccccn3c(=O)c2/C=C2/SC(=S)N(CC(C)C)C2=O)c1. The van der Waals surface area contributed by atoms with Gasteiger partial charge in [-0.2, -0.15) is 4.98 Å². The molecular formula is C26H27N3O3S2. The third kappa shape index (κ3) is 4.79. The molecule has 3 heterocycles. The van der Waals surface area contributed by atoms with Crippen LogP contribution in [0.2, 0.25) is 0 Å². The van der Waals surface area contributed by atoms with Crippen molar-refractivity contribution in [2.24, 2.45) is 5.92 Å². The average Bonchev–Trinajstić information content (AvgIpc) is 3.03. The molecule has 1 amide bonds. The summed E-state index contributed by atoms with van der Waals surface area (Å²) in [6.07, 6.45) is 3.22. The number of hydrogen-bond acceptors (Lipinski definition) is 6. The largest absolute Gasteiger partial charge is 0.438 e. The van der Waals surface area contributed by atoms with E-state index in [0.29, 0.717) is 27.2 Å². The highest BCUT2D eigenvalue weighted by atomic mass is 32.2. The number of aryl methyl sites for hydroxylation is 1. The number of amides is 1. The number of carbonyl (C=O) groups excluding carboxylic acids is 1. The molecule has 0 aliphatic carbocycles. The molecule has 1 aliphatic heterocycles. The second-order valence-corrected chi connectivity index (χ2v) is 10.7. The minimum absolute atomic E-state index is 0.165. The summed E-state index contributed by atoms with van der Waals surface area (Å²) in [5.74, 6) is 1.09. The maximum absolute atomic E-state index is 13.5. The Balaban J connectivity index is 1.87. The van der Waals surface area contributed by atoms with Gasteiger partial charge in [-0.25, -0.2) is 0 Å². The fraction of sp³-hybridized carbons (Fsp3) is 0.308. The maximum Gasteiger partial charge on any atom is 0.269 e. The lowest BCUT2D eigenvalue weighted by Gasteiger charge is -2.16. The van der Waals surface area contributed by atoms with Crippen molar-refractivity contribution >= 4 is 45.9 Å². The lowest BCUT2D eigenvalue weighted by Crippen LogP contribution is -2.31. The summed E-state index contributed by atoms with van der Waals surface area (Å²) in [6, 6.07) is 11.3. The topological polar surface area (TPSA) is 63.9 Å². The molecule has 4 rings (SSSR count). The summed E-state index contributed by atoms with van der Waals surface area (Å²) in [5.41, 5.74) is 2.41. The number of aromatic nitrogens is 2. The first-order valence-electron chi connectivity index (χ1n) is 11.2. The number of hydrogen-bond donors (Lipinski definition) is 0. The fourth-order valence-corrected chi connectivity index (χ4v) is 5.01. The molecule has 0 atom stereocenters. The Bertz CT molecular complexity index is 1380. The first-order chi connectivity index (χ1) is 16.2. The van der Waals surface area contributed by atoms with Gasteiger partial charge in [-0.15, -0.1) is 0 Å². The van der Waals surface area contributed by atoms with E-state index in [4.69, 9.17) is 17.0 Å². The van der Waals surface area contributed by atoms with E-state index in [9.17, 15) is 9.59 Å². The standard InChI is InChI=1S/C26H27N3O3S2/c1-15(2)14-29-25(31)21(34-26(29)33)13-19-23(27-22-8-6-7-11-28(22)24(19)30)32-20-12-17(5)9-10-18(20)16(3)4/h6-13,15-16H,14H2,1-5H3/b21-13+. The van der Waals surface area contributed by atoms with E-state index in [0.717, 1.165) is 11.1 Å². The number of carbonyl (C=O) groups is 1. The second kappa shape index (κ2) is 9.72. The summed E-state index contributed by atoms with van der Waals surface area (Å²) < 4.78 is 8.24. The minimum atomic E-state index is -0.312. The molecule has 0 saturated carbocycles. The lowest BCUT2D eigenvalue weighted by atomic mass is 10.0. The van der Waals surface area contributed by atoms with Crippen molar-refractivity contribution in [1.29, 1.82) is 0 Å². The first-order valence-corrected chi connectivity index (χ1v) is 12.4. The highest BCUT2D eigenvalue weighted by molar-refractivity contribution is 8.26. The van der Waals surface area contributed by atoms with Crippen LogP contribution in [0, 0.1) is 12.8 Å². The van der Waals surface area contributed by atoms with Crippen molar-refractivity contribution in [2.75, 3.05) is 6.54 Å². The Labute approximate surface area is 208 Å². The van der Waals surface area contributed by atoms with Crippen LogP contribution >= 0.6 is 24.0 Å². The number of fused-ring (bicyclic) bond motifs is 1. The highest BCUT2D eigenvalue weighted by Gasteiger charge is 2.33. The van der Waals surface area contributed by atoms with E-state index < -0.39 is 0 Å². The molecule has 0 unspecified atom stereocenters. The lowest BCUT2D eigenvalue weighted by molar-refractivity contribution is -0.122. The van der Waals surface area contributed by atoms with Crippen molar-refractivity contribution in [3.05, 3.63) is 74.5 Å². The zero-order valence-electron chi connectivity index (χ0n) is 19.9. The van der Waals surface area contributed by atoms with Gasteiger partial charge in [-0.05, 0) is 54.2 Å². The van der Waals surface area contributed by atoms with Gasteiger partial charge in [0.15, 0.2) is 0 Å². The molecule has 1 aromatic carbocycles. The van der Waals surface area contributed by atoms with Gasteiger partial charge < -0.3 is 4.74 Å². The van der Waals surface area contributed by atoms with E-state index in [-0.39, 0.29) is 34.7 Å². The molecule has 0 bridgehead atoms. The molecule has 8 heteroatoms. The van der Waals surface area contributed by atoms with Gasteiger partial charge in [-0.1, -0.05) is 69.9 Å². The normalized spacial score (nSPS) is 15.4. The summed E-state index contributed by atoms with van der Waals surface area (Å²) in [4.78, 5) is 33.2. The predicted molar refractivity (Wildman–Crippen MR) is 142 cm³/mol. The molecule has 1 fully saturated rings. The van der Waals surface area contributed by atoms with E-state index in [2.05, 4.69) is 18.8 Å². The summed E-state index contributed by atoms with van der Waals surface area (Å²) in [5, 5.41) is 0. The van der Waals surface area contributed by atoms with Crippen LogP contribution in [0.4, 0.5) is 0 Å². The van der Waals surface area contributed by atoms with Crippen LogP contribution in [-0.4, -0.2) is 31.1 Å². The van der Waals surface area contributed by atoms with Crippen molar-refractivity contribution in [1.82, 2.24) is 14.3 Å². The average molecular weight is 494 g/mol. The molecule has 1 aliphatic rings.